The van der Waals surface area contributed by atoms with E-state index in [0.717, 1.165) is 32.4 Å². The molecule has 2 fully saturated rings. The zero-order valence-corrected chi connectivity index (χ0v) is 8.95. The van der Waals surface area contributed by atoms with E-state index in [2.05, 4.69) is 22.5 Å². The summed E-state index contributed by atoms with van der Waals surface area (Å²) in [5, 5.41) is 5.82. The van der Waals surface area contributed by atoms with Crippen LogP contribution in [0.15, 0.2) is 4.99 Å². The van der Waals surface area contributed by atoms with Crippen molar-refractivity contribution in [2.24, 2.45) is 4.99 Å². The molecule has 84 valence electrons. The molecule has 2 aliphatic heterocycles. The molecule has 2 aliphatic rings. The molecule has 0 bridgehead atoms. The maximum atomic E-state index is 11.6. The Balaban J connectivity index is 1.94. The highest BCUT2D eigenvalue weighted by Gasteiger charge is 2.37. The highest BCUT2D eigenvalue weighted by atomic mass is 16.5. The summed E-state index contributed by atoms with van der Waals surface area (Å²) in [6.45, 7) is 3.55. The average Bonchev–Trinajstić information content (AvgIpc) is 2.83. The monoisotopic (exact) mass is 211 g/mol. The van der Waals surface area contributed by atoms with Gasteiger partial charge in [-0.15, -0.1) is 0 Å². The molecule has 0 aliphatic carbocycles. The van der Waals surface area contributed by atoms with E-state index in [1.165, 1.54) is 0 Å². The largest absolute Gasteiger partial charge is 0.376 e. The van der Waals surface area contributed by atoms with Crippen LogP contribution in [0.5, 0.6) is 0 Å². The number of nitrogens with zero attached hydrogens (tertiary/aromatic N) is 1. The third kappa shape index (κ3) is 2.28. The Hall–Kier alpha value is -1.10. The minimum absolute atomic E-state index is 0.0133. The Morgan fingerprint density at radius 1 is 1.60 bits per heavy atom. The number of nitrogens with one attached hydrogen (secondary N) is 2. The highest BCUT2D eigenvalue weighted by Crippen LogP contribution is 2.17. The van der Waals surface area contributed by atoms with Gasteiger partial charge in [0, 0.05) is 13.2 Å². The lowest BCUT2D eigenvalue weighted by Gasteiger charge is -2.14. The van der Waals surface area contributed by atoms with Crippen molar-refractivity contribution in [1.29, 1.82) is 0 Å². The van der Waals surface area contributed by atoms with Crippen LogP contribution in [0.4, 0.5) is 0 Å². The molecule has 1 amide bonds. The predicted molar refractivity (Wildman–Crippen MR) is 56.6 cm³/mol. The molecule has 15 heavy (non-hydrogen) atoms. The Kier molecular flexibility index (Phi) is 3.20. The van der Waals surface area contributed by atoms with Gasteiger partial charge in [-0.25, -0.2) is 0 Å². The molecule has 0 spiro atoms. The molecule has 0 radical (unpaired) electrons. The van der Waals surface area contributed by atoms with Crippen molar-refractivity contribution in [2.45, 2.75) is 38.3 Å². The number of aliphatic imine (C=N–C) groups is 1. The van der Waals surface area contributed by atoms with Gasteiger partial charge in [0.2, 0.25) is 0 Å². The zero-order chi connectivity index (χ0) is 10.7. The lowest BCUT2D eigenvalue weighted by molar-refractivity contribution is -0.122. The van der Waals surface area contributed by atoms with Crippen LogP contribution in [0.3, 0.4) is 0 Å². The smallest absolute Gasteiger partial charge is 0.251 e. The Morgan fingerprint density at radius 2 is 2.47 bits per heavy atom. The maximum Gasteiger partial charge on any atom is 0.251 e. The van der Waals surface area contributed by atoms with Crippen molar-refractivity contribution in [2.75, 3.05) is 13.2 Å². The number of amides is 1. The Labute approximate surface area is 89.3 Å². The zero-order valence-electron chi connectivity index (χ0n) is 8.95. The third-order valence-electron chi connectivity index (χ3n) is 2.65. The van der Waals surface area contributed by atoms with E-state index in [-0.39, 0.29) is 18.1 Å². The second-order valence-corrected chi connectivity index (χ2v) is 3.89. The normalized spacial score (nSPS) is 33.1. The summed E-state index contributed by atoms with van der Waals surface area (Å²) in [7, 11) is 0. The lowest BCUT2D eigenvalue weighted by Crippen LogP contribution is -2.40. The molecular weight excluding hydrogens is 194 g/mol. The van der Waals surface area contributed by atoms with Gasteiger partial charge in [-0.3, -0.25) is 15.1 Å². The van der Waals surface area contributed by atoms with Gasteiger partial charge < -0.3 is 10.1 Å². The molecule has 2 N–H and O–H groups in total. The molecule has 0 saturated carbocycles. The number of guanidine groups is 1. The molecule has 2 atom stereocenters. The third-order valence-corrected chi connectivity index (χ3v) is 2.65. The number of carbonyl (C=O) groups excluding carboxylic acids is 1. The van der Waals surface area contributed by atoms with Crippen molar-refractivity contribution in [3.8, 4) is 0 Å². The molecule has 2 unspecified atom stereocenters. The molecule has 2 rings (SSSR count). The molecule has 5 nitrogen and oxygen atoms in total. The summed E-state index contributed by atoms with van der Waals surface area (Å²) >= 11 is 0. The van der Waals surface area contributed by atoms with E-state index in [0.29, 0.717) is 5.96 Å². The number of carbonyl (C=O) groups is 1. The second-order valence-electron chi connectivity index (χ2n) is 3.89. The molecule has 0 aromatic rings. The first-order valence-electron chi connectivity index (χ1n) is 5.54. The SMILES string of the molecule is CCCN=C1NC(=O)C(C2CCCO2)N1. The Bertz CT molecular complexity index is 272. The van der Waals surface area contributed by atoms with E-state index in [1.807, 2.05) is 0 Å². The van der Waals surface area contributed by atoms with Crippen molar-refractivity contribution < 1.29 is 9.53 Å². The van der Waals surface area contributed by atoms with Crippen molar-refractivity contribution >= 4 is 11.9 Å². The number of hydrogen-bond acceptors (Lipinski definition) is 3. The van der Waals surface area contributed by atoms with Crippen molar-refractivity contribution in [3.05, 3.63) is 0 Å². The minimum Gasteiger partial charge on any atom is -0.376 e. The van der Waals surface area contributed by atoms with Crippen LogP contribution in [0.2, 0.25) is 0 Å². The molecule has 2 saturated heterocycles. The Morgan fingerprint density at radius 3 is 3.13 bits per heavy atom. The van der Waals surface area contributed by atoms with Crippen molar-refractivity contribution in [1.82, 2.24) is 10.6 Å². The van der Waals surface area contributed by atoms with Gasteiger partial charge in [0.15, 0.2) is 5.96 Å². The summed E-state index contributed by atoms with van der Waals surface area (Å²) in [6.07, 6.45) is 2.98. The van der Waals surface area contributed by atoms with Crippen molar-refractivity contribution in [3.63, 3.8) is 0 Å². The fraction of sp³-hybridized carbons (Fsp3) is 0.800. The van der Waals surface area contributed by atoms with Crippen LogP contribution < -0.4 is 10.6 Å². The highest BCUT2D eigenvalue weighted by molar-refractivity contribution is 6.06. The van der Waals surface area contributed by atoms with Gasteiger partial charge in [0.05, 0.1) is 6.10 Å². The number of hydrogen-bond donors (Lipinski definition) is 2. The number of ether oxygens (including phenoxy) is 1. The first-order chi connectivity index (χ1) is 7.31. The summed E-state index contributed by atoms with van der Waals surface area (Å²) in [5.41, 5.74) is 0. The molecule has 5 heteroatoms. The van der Waals surface area contributed by atoms with Crippen LogP contribution in [-0.2, 0) is 9.53 Å². The topological polar surface area (TPSA) is 62.7 Å². The van der Waals surface area contributed by atoms with E-state index in [1.54, 1.807) is 0 Å². The quantitative estimate of drug-likeness (QED) is 0.691. The van der Waals surface area contributed by atoms with E-state index < -0.39 is 0 Å². The summed E-state index contributed by atoms with van der Waals surface area (Å²) < 4.78 is 5.48. The molecule has 0 aromatic heterocycles. The number of rotatable bonds is 3. The van der Waals surface area contributed by atoms with E-state index >= 15 is 0 Å². The van der Waals surface area contributed by atoms with E-state index in [4.69, 9.17) is 4.74 Å². The minimum atomic E-state index is -0.247. The second kappa shape index (κ2) is 4.61. The van der Waals surface area contributed by atoms with Gasteiger partial charge in [0.1, 0.15) is 6.04 Å². The van der Waals surface area contributed by atoms with Crippen LogP contribution >= 0.6 is 0 Å². The average molecular weight is 211 g/mol. The van der Waals surface area contributed by atoms with Gasteiger partial charge >= 0.3 is 0 Å². The van der Waals surface area contributed by atoms with Gasteiger partial charge in [-0.05, 0) is 19.3 Å². The van der Waals surface area contributed by atoms with Gasteiger partial charge in [-0.2, -0.15) is 0 Å². The summed E-state index contributed by atoms with van der Waals surface area (Å²) in [6, 6.07) is -0.247. The first-order valence-corrected chi connectivity index (χ1v) is 5.54. The van der Waals surface area contributed by atoms with Crippen LogP contribution in [0, 0.1) is 0 Å². The van der Waals surface area contributed by atoms with Gasteiger partial charge in [-0.1, -0.05) is 6.92 Å². The van der Waals surface area contributed by atoms with Crippen LogP contribution in [-0.4, -0.2) is 37.2 Å². The lowest BCUT2D eigenvalue weighted by atomic mass is 10.1. The first kappa shape index (κ1) is 10.4. The van der Waals surface area contributed by atoms with Crippen LogP contribution in [0.1, 0.15) is 26.2 Å². The molecule has 2 heterocycles. The standard InChI is InChI=1S/C10H17N3O2/c1-2-5-11-10-12-8(9(14)13-10)7-4-3-6-15-7/h7-8H,2-6H2,1H3,(H2,11,12,13,14). The van der Waals surface area contributed by atoms with Crippen LogP contribution in [0.25, 0.3) is 0 Å². The molecular formula is C10H17N3O2. The summed E-state index contributed by atoms with van der Waals surface area (Å²) in [5.74, 6) is 0.583. The maximum absolute atomic E-state index is 11.6. The fourth-order valence-corrected chi connectivity index (χ4v) is 1.88. The fourth-order valence-electron chi connectivity index (χ4n) is 1.88. The predicted octanol–water partition coefficient (Wildman–Crippen LogP) is 0.0194. The summed E-state index contributed by atoms with van der Waals surface area (Å²) in [4.78, 5) is 15.8. The van der Waals surface area contributed by atoms with Gasteiger partial charge in [0.25, 0.3) is 5.91 Å². The van der Waals surface area contributed by atoms with E-state index in [9.17, 15) is 4.79 Å². The molecule has 0 aromatic carbocycles.